The van der Waals surface area contributed by atoms with Crippen molar-refractivity contribution in [2.75, 3.05) is 18.0 Å². The van der Waals surface area contributed by atoms with Crippen LogP contribution in [0.2, 0.25) is 0 Å². The van der Waals surface area contributed by atoms with Gasteiger partial charge in [-0.15, -0.1) is 0 Å². The fourth-order valence-electron chi connectivity index (χ4n) is 3.07. The summed E-state index contributed by atoms with van der Waals surface area (Å²) in [6.07, 6.45) is 7.84. The molecule has 2 unspecified atom stereocenters. The molecular weight excluding hydrogens is 236 g/mol. The largest absolute Gasteiger partial charge is 0.389 e. The molecule has 1 fully saturated rings. The molecule has 1 N–H and O–H groups in total. The van der Waals surface area contributed by atoms with Crippen molar-refractivity contribution in [1.29, 1.82) is 0 Å². The predicted octanol–water partition coefficient (Wildman–Crippen LogP) is 3.54. The Bertz CT molecular complexity index is 392. The highest BCUT2D eigenvalue weighted by Gasteiger charge is 2.20. The third kappa shape index (κ3) is 3.69. The van der Waals surface area contributed by atoms with Crippen molar-refractivity contribution >= 4 is 5.82 Å². The molecule has 1 aliphatic rings. The fraction of sp³-hybridized carbons (Fsp3) is 0.688. The van der Waals surface area contributed by atoms with Gasteiger partial charge in [-0.3, -0.25) is 0 Å². The molecule has 1 aromatic heterocycles. The van der Waals surface area contributed by atoms with Crippen LogP contribution in [0.1, 0.15) is 57.6 Å². The first-order chi connectivity index (χ1) is 9.22. The zero-order valence-corrected chi connectivity index (χ0v) is 12.2. The summed E-state index contributed by atoms with van der Waals surface area (Å²) in [4.78, 5) is 6.86. The van der Waals surface area contributed by atoms with Crippen LogP contribution in [-0.4, -0.2) is 23.2 Å². The molecular formula is C16H26N2O. The minimum absolute atomic E-state index is 0.446. The van der Waals surface area contributed by atoms with Gasteiger partial charge < -0.3 is 10.0 Å². The number of nitrogens with zero attached hydrogens (tertiary/aromatic N) is 2. The zero-order chi connectivity index (χ0) is 13.7. The van der Waals surface area contributed by atoms with E-state index in [2.05, 4.69) is 16.8 Å². The number of rotatable bonds is 4. The third-order valence-electron chi connectivity index (χ3n) is 4.11. The lowest BCUT2D eigenvalue weighted by Gasteiger charge is -2.25. The van der Waals surface area contributed by atoms with Crippen molar-refractivity contribution in [3.8, 4) is 0 Å². The van der Waals surface area contributed by atoms with Crippen LogP contribution in [-0.2, 0) is 0 Å². The Morgan fingerprint density at radius 3 is 3.00 bits per heavy atom. The highest BCUT2D eigenvalue weighted by Crippen LogP contribution is 2.28. The predicted molar refractivity (Wildman–Crippen MR) is 79.3 cm³/mol. The number of hydrogen-bond acceptors (Lipinski definition) is 3. The van der Waals surface area contributed by atoms with Crippen LogP contribution in [0.5, 0.6) is 0 Å². The molecule has 0 saturated carbocycles. The summed E-state index contributed by atoms with van der Waals surface area (Å²) in [6.45, 7) is 6.23. The number of aliphatic hydroxyl groups excluding tert-OH is 1. The van der Waals surface area contributed by atoms with Gasteiger partial charge in [0, 0.05) is 24.8 Å². The fourth-order valence-corrected chi connectivity index (χ4v) is 3.07. The standard InChI is InChI=1S/C16H26N2O/c1-3-6-14-7-5-11-18(12-9-14)16-15(13(2)19)8-4-10-17-16/h4,8,10,13-14,19H,3,5-7,9,11-12H2,1-2H3. The van der Waals surface area contributed by atoms with E-state index in [1.165, 1.54) is 32.1 Å². The first-order valence-electron chi connectivity index (χ1n) is 7.60. The maximum absolute atomic E-state index is 9.88. The Morgan fingerprint density at radius 2 is 2.26 bits per heavy atom. The van der Waals surface area contributed by atoms with Crippen LogP contribution in [0.25, 0.3) is 0 Å². The van der Waals surface area contributed by atoms with Crippen LogP contribution >= 0.6 is 0 Å². The average molecular weight is 262 g/mol. The zero-order valence-electron chi connectivity index (χ0n) is 12.2. The lowest BCUT2D eigenvalue weighted by molar-refractivity contribution is 0.199. The molecule has 0 aromatic carbocycles. The first kappa shape index (κ1) is 14.3. The summed E-state index contributed by atoms with van der Waals surface area (Å²) in [5, 5.41) is 9.88. The van der Waals surface area contributed by atoms with E-state index < -0.39 is 6.10 Å². The van der Waals surface area contributed by atoms with E-state index in [0.29, 0.717) is 0 Å². The van der Waals surface area contributed by atoms with E-state index in [0.717, 1.165) is 30.4 Å². The molecule has 0 amide bonds. The second kappa shape index (κ2) is 6.90. The van der Waals surface area contributed by atoms with E-state index in [4.69, 9.17) is 0 Å². The number of aliphatic hydroxyl groups is 1. The van der Waals surface area contributed by atoms with E-state index in [9.17, 15) is 5.11 Å². The van der Waals surface area contributed by atoms with Gasteiger partial charge in [0.1, 0.15) is 5.82 Å². The number of anilines is 1. The Kier molecular flexibility index (Phi) is 5.20. The van der Waals surface area contributed by atoms with Crippen molar-refractivity contribution in [3.05, 3.63) is 23.9 Å². The molecule has 0 aliphatic carbocycles. The Hall–Kier alpha value is -1.09. The maximum Gasteiger partial charge on any atom is 0.134 e. The summed E-state index contributed by atoms with van der Waals surface area (Å²) in [6, 6.07) is 3.89. The molecule has 1 saturated heterocycles. The first-order valence-corrected chi connectivity index (χ1v) is 7.60. The van der Waals surface area contributed by atoms with Crippen molar-refractivity contribution in [2.24, 2.45) is 5.92 Å². The summed E-state index contributed by atoms with van der Waals surface area (Å²) in [5.41, 5.74) is 0.955. The van der Waals surface area contributed by atoms with Gasteiger partial charge in [-0.1, -0.05) is 25.8 Å². The highest BCUT2D eigenvalue weighted by atomic mass is 16.3. The summed E-state index contributed by atoms with van der Waals surface area (Å²) < 4.78 is 0. The molecule has 0 radical (unpaired) electrons. The maximum atomic E-state index is 9.88. The number of aromatic nitrogens is 1. The smallest absolute Gasteiger partial charge is 0.134 e. The van der Waals surface area contributed by atoms with E-state index in [-0.39, 0.29) is 0 Å². The van der Waals surface area contributed by atoms with E-state index >= 15 is 0 Å². The number of hydrogen-bond donors (Lipinski definition) is 1. The van der Waals surface area contributed by atoms with Crippen LogP contribution < -0.4 is 4.90 Å². The molecule has 0 spiro atoms. The van der Waals surface area contributed by atoms with Gasteiger partial charge in [0.25, 0.3) is 0 Å². The van der Waals surface area contributed by atoms with Gasteiger partial charge in [0.2, 0.25) is 0 Å². The summed E-state index contributed by atoms with van der Waals surface area (Å²) in [5.74, 6) is 1.85. The van der Waals surface area contributed by atoms with E-state index in [1.807, 2.05) is 25.3 Å². The minimum Gasteiger partial charge on any atom is -0.389 e. The molecule has 19 heavy (non-hydrogen) atoms. The third-order valence-corrected chi connectivity index (χ3v) is 4.11. The van der Waals surface area contributed by atoms with Gasteiger partial charge in [-0.2, -0.15) is 0 Å². The van der Waals surface area contributed by atoms with Gasteiger partial charge >= 0.3 is 0 Å². The van der Waals surface area contributed by atoms with Gasteiger partial charge in [-0.25, -0.2) is 4.98 Å². The SMILES string of the molecule is CCCC1CCCN(c2ncccc2C(C)O)CC1. The highest BCUT2D eigenvalue weighted by molar-refractivity contribution is 5.47. The van der Waals surface area contributed by atoms with Crippen molar-refractivity contribution in [1.82, 2.24) is 4.98 Å². The lowest BCUT2D eigenvalue weighted by Crippen LogP contribution is -2.26. The van der Waals surface area contributed by atoms with Crippen LogP contribution in [0, 0.1) is 5.92 Å². The minimum atomic E-state index is -0.446. The van der Waals surface area contributed by atoms with Crippen molar-refractivity contribution in [3.63, 3.8) is 0 Å². The van der Waals surface area contributed by atoms with Crippen LogP contribution in [0.4, 0.5) is 5.82 Å². The molecule has 3 heteroatoms. The topological polar surface area (TPSA) is 36.4 Å². The molecule has 106 valence electrons. The Labute approximate surface area is 116 Å². The van der Waals surface area contributed by atoms with Gasteiger partial charge in [-0.05, 0) is 38.2 Å². The average Bonchev–Trinajstić information content (AvgIpc) is 2.65. The van der Waals surface area contributed by atoms with Crippen molar-refractivity contribution < 1.29 is 5.11 Å². The van der Waals surface area contributed by atoms with Gasteiger partial charge in [0.15, 0.2) is 0 Å². The van der Waals surface area contributed by atoms with Crippen LogP contribution in [0.15, 0.2) is 18.3 Å². The van der Waals surface area contributed by atoms with Crippen LogP contribution in [0.3, 0.4) is 0 Å². The van der Waals surface area contributed by atoms with Gasteiger partial charge in [0.05, 0.1) is 6.10 Å². The molecule has 2 heterocycles. The Morgan fingerprint density at radius 1 is 1.42 bits per heavy atom. The van der Waals surface area contributed by atoms with E-state index in [1.54, 1.807) is 0 Å². The molecule has 2 atom stereocenters. The Balaban J connectivity index is 2.10. The quantitative estimate of drug-likeness (QED) is 0.901. The second-order valence-corrected chi connectivity index (χ2v) is 5.66. The lowest BCUT2D eigenvalue weighted by atomic mass is 9.96. The molecule has 1 aliphatic heterocycles. The normalized spacial score (nSPS) is 22.1. The molecule has 0 bridgehead atoms. The summed E-state index contributed by atoms with van der Waals surface area (Å²) in [7, 11) is 0. The molecule has 2 rings (SSSR count). The molecule has 3 nitrogen and oxygen atoms in total. The monoisotopic (exact) mass is 262 g/mol. The number of pyridine rings is 1. The van der Waals surface area contributed by atoms with Crippen molar-refractivity contribution in [2.45, 2.75) is 52.1 Å². The second-order valence-electron chi connectivity index (χ2n) is 5.66. The molecule has 1 aromatic rings. The summed E-state index contributed by atoms with van der Waals surface area (Å²) >= 11 is 0.